The number of hydrogen-bond acceptors (Lipinski definition) is 2. The van der Waals surface area contributed by atoms with Gasteiger partial charge in [-0.25, -0.2) is 5.06 Å². The van der Waals surface area contributed by atoms with Crippen LogP contribution in [0.5, 0.6) is 0 Å². The molecule has 0 N–H and O–H groups in total. The van der Waals surface area contributed by atoms with Crippen LogP contribution in [0.2, 0.25) is 5.02 Å². The van der Waals surface area contributed by atoms with Gasteiger partial charge in [0.1, 0.15) is 0 Å². The van der Waals surface area contributed by atoms with Gasteiger partial charge >= 0.3 is 0 Å². The molecule has 1 aromatic rings. The Hall–Kier alpha value is -0.990. The van der Waals surface area contributed by atoms with Crippen molar-refractivity contribution in [3.05, 3.63) is 41.6 Å². The fourth-order valence-electron chi connectivity index (χ4n) is 1.08. The van der Waals surface area contributed by atoms with Gasteiger partial charge in [0.25, 0.3) is 0 Å². The molecule has 2 nitrogen and oxygen atoms in total. The predicted molar refractivity (Wildman–Crippen MR) is 49.0 cm³/mol. The molecule has 0 fully saturated rings. The molecule has 0 bridgehead atoms. The van der Waals surface area contributed by atoms with E-state index in [1.54, 1.807) is 5.06 Å². The standard InChI is InChI=1S/C9H8ClNO/c10-8-3-1-4-9(7-8)11-5-2-6-12-11/h1-5,7H,6H2. The molecule has 0 amide bonds. The van der Waals surface area contributed by atoms with E-state index >= 15 is 0 Å². The van der Waals surface area contributed by atoms with E-state index in [-0.39, 0.29) is 0 Å². The topological polar surface area (TPSA) is 12.5 Å². The molecule has 0 aromatic heterocycles. The smallest absolute Gasteiger partial charge is 0.0952 e. The Morgan fingerprint density at radius 3 is 3.00 bits per heavy atom. The SMILES string of the molecule is Clc1cccc(N2C=CCO2)c1. The average Bonchev–Trinajstić information content (AvgIpc) is 2.56. The molecule has 0 radical (unpaired) electrons. The monoisotopic (exact) mass is 181 g/mol. The van der Waals surface area contributed by atoms with E-state index in [1.807, 2.05) is 36.5 Å². The Morgan fingerprint density at radius 2 is 2.33 bits per heavy atom. The zero-order valence-electron chi connectivity index (χ0n) is 6.40. The van der Waals surface area contributed by atoms with E-state index in [0.717, 1.165) is 10.7 Å². The summed E-state index contributed by atoms with van der Waals surface area (Å²) in [5.41, 5.74) is 0.955. The highest BCUT2D eigenvalue weighted by Crippen LogP contribution is 2.21. The van der Waals surface area contributed by atoms with Crippen molar-refractivity contribution in [1.82, 2.24) is 0 Å². The summed E-state index contributed by atoms with van der Waals surface area (Å²) in [7, 11) is 0. The summed E-state index contributed by atoms with van der Waals surface area (Å²) in [6.07, 6.45) is 3.83. The third kappa shape index (κ3) is 1.44. The molecule has 1 aromatic carbocycles. The summed E-state index contributed by atoms with van der Waals surface area (Å²) < 4.78 is 0. The molecule has 0 aliphatic carbocycles. The molecule has 3 heteroatoms. The molecular weight excluding hydrogens is 174 g/mol. The average molecular weight is 182 g/mol. The van der Waals surface area contributed by atoms with Crippen molar-refractivity contribution in [2.75, 3.05) is 11.7 Å². The number of halogens is 1. The molecule has 0 saturated carbocycles. The fourth-order valence-corrected chi connectivity index (χ4v) is 1.26. The van der Waals surface area contributed by atoms with Crippen LogP contribution in [0.4, 0.5) is 5.69 Å². The molecule has 2 rings (SSSR count). The molecule has 1 heterocycles. The second kappa shape index (κ2) is 3.17. The number of hydroxylamine groups is 1. The van der Waals surface area contributed by atoms with Gasteiger partial charge in [-0.2, -0.15) is 0 Å². The molecule has 0 unspecified atom stereocenters. The van der Waals surface area contributed by atoms with Crippen LogP contribution in [0.1, 0.15) is 0 Å². The summed E-state index contributed by atoms with van der Waals surface area (Å²) in [6, 6.07) is 7.54. The Bertz CT molecular complexity index is 311. The first kappa shape index (κ1) is 7.65. The molecule has 0 spiro atoms. The van der Waals surface area contributed by atoms with Crippen molar-refractivity contribution in [3.8, 4) is 0 Å². The second-order valence-electron chi connectivity index (χ2n) is 2.49. The van der Waals surface area contributed by atoms with Gasteiger partial charge in [0.2, 0.25) is 0 Å². The Kier molecular flexibility index (Phi) is 2.02. The van der Waals surface area contributed by atoms with Crippen molar-refractivity contribution >= 4 is 17.3 Å². The maximum absolute atomic E-state index is 5.82. The van der Waals surface area contributed by atoms with Gasteiger partial charge in [0, 0.05) is 11.2 Å². The normalized spacial score (nSPS) is 15.6. The lowest BCUT2D eigenvalue weighted by atomic mass is 10.3. The Balaban J connectivity index is 2.27. The van der Waals surface area contributed by atoms with Gasteiger partial charge in [0.05, 0.1) is 12.3 Å². The van der Waals surface area contributed by atoms with E-state index in [9.17, 15) is 0 Å². The van der Waals surface area contributed by atoms with Gasteiger partial charge in [-0.1, -0.05) is 17.7 Å². The third-order valence-corrected chi connectivity index (χ3v) is 1.85. The molecule has 12 heavy (non-hydrogen) atoms. The van der Waals surface area contributed by atoms with E-state index in [0.29, 0.717) is 6.61 Å². The summed E-state index contributed by atoms with van der Waals surface area (Å²) >= 11 is 5.82. The maximum Gasteiger partial charge on any atom is 0.0952 e. The predicted octanol–water partition coefficient (Wildman–Crippen LogP) is 2.61. The molecule has 0 saturated heterocycles. The summed E-state index contributed by atoms with van der Waals surface area (Å²) in [6.45, 7) is 0.631. The van der Waals surface area contributed by atoms with Crippen molar-refractivity contribution in [2.24, 2.45) is 0 Å². The van der Waals surface area contributed by atoms with E-state index in [2.05, 4.69) is 0 Å². The molecule has 62 valence electrons. The van der Waals surface area contributed by atoms with Crippen molar-refractivity contribution in [1.29, 1.82) is 0 Å². The van der Waals surface area contributed by atoms with Crippen molar-refractivity contribution in [2.45, 2.75) is 0 Å². The first-order valence-corrected chi connectivity index (χ1v) is 4.08. The van der Waals surface area contributed by atoms with Crippen molar-refractivity contribution < 1.29 is 4.84 Å². The highest BCUT2D eigenvalue weighted by Gasteiger charge is 2.06. The molecule has 0 atom stereocenters. The van der Waals surface area contributed by atoms with E-state index < -0.39 is 0 Å². The van der Waals surface area contributed by atoms with Crippen LogP contribution in [0.25, 0.3) is 0 Å². The van der Waals surface area contributed by atoms with Crippen LogP contribution in [0.3, 0.4) is 0 Å². The number of nitrogens with zero attached hydrogens (tertiary/aromatic N) is 1. The highest BCUT2D eigenvalue weighted by molar-refractivity contribution is 6.30. The van der Waals surface area contributed by atoms with Gasteiger partial charge in [-0.05, 0) is 24.3 Å². The first-order chi connectivity index (χ1) is 5.86. The lowest BCUT2D eigenvalue weighted by molar-refractivity contribution is 0.180. The lowest BCUT2D eigenvalue weighted by Crippen LogP contribution is -2.10. The number of rotatable bonds is 1. The van der Waals surface area contributed by atoms with Gasteiger partial charge in [-0.3, -0.25) is 4.84 Å². The molecule has 1 aliphatic rings. The van der Waals surface area contributed by atoms with Crippen LogP contribution >= 0.6 is 11.6 Å². The largest absolute Gasteiger partial charge is 0.265 e. The minimum atomic E-state index is 0.631. The van der Waals surface area contributed by atoms with Gasteiger partial charge in [-0.15, -0.1) is 0 Å². The van der Waals surface area contributed by atoms with Gasteiger partial charge < -0.3 is 0 Å². The van der Waals surface area contributed by atoms with Crippen LogP contribution in [-0.2, 0) is 4.84 Å². The summed E-state index contributed by atoms with van der Waals surface area (Å²) in [5, 5.41) is 2.42. The van der Waals surface area contributed by atoms with Crippen LogP contribution in [0.15, 0.2) is 36.5 Å². The van der Waals surface area contributed by atoms with E-state index in [4.69, 9.17) is 16.4 Å². The minimum absolute atomic E-state index is 0.631. The summed E-state index contributed by atoms with van der Waals surface area (Å²) in [5.74, 6) is 0. The zero-order valence-corrected chi connectivity index (χ0v) is 7.16. The first-order valence-electron chi connectivity index (χ1n) is 3.70. The lowest BCUT2D eigenvalue weighted by Gasteiger charge is -2.13. The number of anilines is 1. The Morgan fingerprint density at radius 1 is 1.42 bits per heavy atom. The van der Waals surface area contributed by atoms with Gasteiger partial charge in [0.15, 0.2) is 0 Å². The number of hydrogen-bond donors (Lipinski definition) is 0. The Labute approximate surface area is 76.0 Å². The van der Waals surface area contributed by atoms with Crippen LogP contribution < -0.4 is 5.06 Å². The zero-order chi connectivity index (χ0) is 8.39. The number of benzene rings is 1. The quantitative estimate of drug-likeness (QED) is 0.661. The molecule has 1 aliphatic heterocycles. The fraction of sp³-hybridized carbons (Fsp3) is 0.111. The van der Waals surface area contributed by atoms with Crippen molar-refractivity contribution in [3.63, 3.8) is 0 Å². The van der Waals surface area contributed by atoms with Crippen LogP contribution in [0, 0.1) is 0 Å². The second-order valence-corrected chi connectivity index (χ2v) is 2.92. The summed E-state index contributed by atoms with van der Waals surface area (Å²) in [4.78, 5) is 5.26. The maximum atomic E-state index is 5.82. The van der Waals surface area contributed by atoms with E-state index in [1.165, 1.54) is 0 Å². The van der Waals surface area contributed by atoms with Crippen LogP contribution in [-0.4, -0.2) is 6.61 Å². The highest BCUT2D eigenvalue weighted by atomic mass is 35.5. The third-order valence-electron chi connectivity index (χ3n) is 1.61. The minimum Gasteiger partial charge on any atom is -0.265 e. The molecular formula is C9H8ClNO.